The average molecular weight is 234 g/mol. The zero-order chi connectivity index (χ0) is 13.8. The van der Waals surface area contributed by atoms with Crippen LogP contribution in [0.25, 0.3) is 0 Å². The van der Waals surface area contributed by atoms with Gasteiger partial charge in [0.15, 0.2) is 0 Å². The Morgan fingerprint density at radius 2 is 0.889 bits per heavy atom. The minimum absolute atomic E-state index is 0.327. The summed E-state index contributed by atoms with van der Waals surface area (Å²) in [5.74, 6) is 8.43. The van der Waals surface area contributed by atoms with Crippen molar-refractivity contribution in [2.75, 3.05) is 0 Å². The third-order valence-electron chi connectivity index (χ3n) is 2.56. The molecular weight excluding hydrogens is 224 g/mol. The zero-order valence-corrected chi connectivity index (χ0v) is 9.51. The van der Waals surface area contributed by atoms with Crippen LogP contribution in [-0.2, 0) is 11.2 Å². The first-order valence-electron chi connectivity index (χ1n) is 4.92. The third-order valence-corrected chi connectivity index (χ3v) is 2.56. The minimum Gasteiger partial charge on any atom is -0.364 e. The summed E-state index contributed by atoms with van der Waals surface area (Å²) in [5, 5.41) is 19.8. The van der Waals surface area contributed by atoms with Crippen LogP contribution in [0.1, 0.15) is 11.1 Å². The normalized spacial score (nSPS) is 10.6. The Kier molecular flexibility index (Phi) is 3.52. The summed E-state index contributed by atoms with van der Waals surface area (Å²) in [7, 11) is 0. The Labute approximate surface area is 107 Å². The molecule has 18 heavy (non-hydrogen) atoms. The van der Waals surface area contributed by atoms with Crippen LogP contribution < -0.4 is 0 Å². The van der Waals surface area contributed by atoms with Crippen LogP contribution in [-0.4, -0.2) is 10.2 Å². The van der Waals surface area contributed by atoms with Gasteiger partial charge in [0.1, 0.15) is 0 Å². The summed E-state index contributed by atoms with van der Waals surface area (Å²) in [6, 6.07) is 5.87. The predicted octanol–water partition coefficient (Wildman–Crippen LogP) is 0.595. The SMILES string of the molecule is C#CC(O)(C#C)c1ccc(C(O)(C#C)C#C)cc1. The number of benzene rings is 1. The topological polar surface area (TPSA) is 40.5 Å². The van der Waals surface area contributed by atoms with E-state index >= 15 is 0 Å². The Morgan fingerprint density at radius 1 is 0.667 bits per heavy atom. The molecule has 0 saturated carbocycles. The molecule has 0 fully saturated rings. The van der Waals surface area contributed by atoms with Gasteiger partial charge in [-0.25, -0.2) is 0 Å². The predicted molar refractivity (Wildman–Crippen MR) is 69.6 cm³/mol. The molecule has 1 rings (SSSR count). The van der Waals surface area contributed by atoms with Gasteiger partial charge in [-0.1, -0.05) is 47.9 Å². The maximum Gasteiger partial charge on any atom is 0.213 e. The Bertz CT molecular complexity index is 525. The molecule has 2 nitrogen and oxygen atoms in total. The number of hydrogen-bond donors (Lipinski definition) is 2. The van der Waals surface area contributed by atoms with Gasteiger partial charge in [-0.05, 0) is 0 Å². The van der Waals surface area contributed by atoms with Gasteiger partial charge in [-0.3, -0.25) is 0 Å². The molecule has 1 aromatic carbocycles. The molecule has 0 bridgehead atoms. The van der Waals surface area contributed by atoms with E-state index in [-0.39, 0.29) is 0 Å². The Balaban J connectivity index is 3.27. The van der Waals surface area contributed by atoms with E-state index in [9.17, 15) is 10.2 Å². The molecule has 0 radical (unpaired) electrons. The number of rotatable bonds is 2. The fraction of sp³-hybridized carbons (Fsp3) is 0.125. The first kappa shape index (κ1) is 13.4. The van der Waals surface area contributed by atoms with E-state index < -0.39 is 11.2 Å². The quantitative estimate of drug-likeness (QED) is 0.735. The van der Waals surface area contributed by atoms with Crippen LogP contribution in [0.2, 0.25) is 0 Å². The van der Waals surface area contributed by atoms with Crippen molar-refractivity contribution in [1.82, 2.24) is 0 Å². The molecule has 0 aliphatic carbocycles. The zero-order valence-electron chi connectivity index (χ0n) is 9.51. The Morgan fingerprint density at radius 3 is 1.06 bits per heavy atom. The molecule has 1 aromatic rings. The maximum atomic E-state index is 9.89. The lowest BCUT2D eigenvalue weighted by Gasteiger charge is -2.19. The Hall–Kier alpha value is -2.62. The molecule has 0 unspecified atom stereocenters. The monoisotopic (exact) mass is 234 g/mol. The van der Waals surface area contributed by atoms with Crippen LogP contribution in [0, 0.1) is 49.4 Å². The van der Waals surface area contributed by atoms with E-state index in [2.05, 4.69) is 23.7 Å². The fourth-order valence-electron chi connectivity index (χ4n) is 1.37. The van der Waals surface area contributed by atoms with Gasteiger partial charge in [0.05, 0.1) is 0 Å². The lowest BCUT2D eigenvalue weighted by molar-refractivity contribution is 0.161. The molecule has 0 aliphatic heterocycles. The summed E-state index contributed by atoms with van der Waals surface area (Å²) in [6.07, 6.45) is 20.7. The smallest absolute Gasteiger partial charge is 0.213 e. The van der Waals surface area contributed by atoms with Crippen molar-refractivity contribution >= 4 is 0 Å². The van der Waals surface area contributed by atoms with Crippen molar-refractivity contribution in [3.63, 3.8) is 0 Å². The van der Waals surface area contributed by atoms with Crippen molar-refractivity contribution < 1.29 is 10.2 Å². The molecule has 2 N–H and O–H groups in total. The van der Waals surface area contributed by atoms with Gasteiger partial charge >= 0.3 is 0 Å². The summed E-state index contributed by atoms with van der Waals surface area (Å²) < 4.78 is 0. The highest BCUT2D eigenvalue weighted by Crippen LogP contribution is 2.24. The molecule has 0 amide bonds. The fourth-order valence-corrected chi connectivity index (χ4v) is 1.37. The lowest BCUT2D eigenvalue weighted by atomic mass is 9.90. The van der Waals surface area contributed by atoms with Crippen molar-refractivity contribution in [1.29, 1.82) is 0 Å². The van der Waals surface area contributed by atoms with E-state index in [1.54, 1.807) is 0 Å². The first-order chi connectivity index (χ1) is 8.45. The van der Waals surface area contributed by atoms with Crippen LogP contribution >= 0.6 is 0 Å². The summed E-state index contributed by atoms with van der Waals surface area (Å²) >= 11 is 0. The van der Waals surface area contributed by atoms with Crippen molar-refractivity contribution in [2.45, 2.75) is 11.2 Å². The van der Waals surface area contributed by atoms with Crippen LogP contribution in [0.4, 0.5) is 0 Å². The van der Waals surface area contributed by atoms with Crippen LogP contribution in [0.15, 0.2) is 24.3 Å². The van der Waals surface area contributed by atoms with E-state index in [0.717, 1.165) is 0 Å². The standard InChI is InChI=1S/C16H10O2/c1-5-15(17,6-2)13-9-11-14(12-10-13)16(18,7-3)8-4/h1-4,9-12,17-18H. The van der Waals surface area contributed by atoms with Gasteiger partial charge in [0, 0.05) is 11.1 Å². The highest BCUT2D eigenvalue weighted by Gasteiger charge is 2.27. The second-order valence-corrected chi connectivity index (χ2v) is 3.58. The molecule has 0 heterocycles. The van der Waals surface area contributed by atoms with E-state index in [4.69, 9.17) is 25.7 Å². The minimum atomic E-state index is -1.79. The third kappa shape index (κ3) is 2.08. The van der Waals surface area contributed by atoms with Crippen molar-refractivity contribution in [2.24, 2.45) is 0 Å². The lowest BCUT2D eigenvalue weighted by Crippen LogP contribution is -2.23. The van der Waals surface area contributed by atoms with Crippen molar-refractivity contribution in [3.05, 3.63) is 35.4 Å². The molecule has 0 atom stereocenters. The van der Waals surface area contributed by atoms with E-state index in [1.807, 2.05) is 0 Å². The molecule has 0 aromatic heterocycles. The summed E-state index contributed by atoms with van der Waals surface area (Å²) in [4.78, 5) is 0. The highest BCUT2D eigenvalue weighted by molar-refractivity contribution is 5.45. The summed E-state index contributed by atoms with van der Waals surface area (Å²) in [5.41, 5.74) is -2.92. The van der Waals surface area contributed by atoms with Gasteiger partial charge in [0.2, 0.25) is 11.2 Å². The summed E-state index contributed by atoms with van der Waals surface area (Å²) in [6.45, 7) is 0. The maximum absolute atomic E-state index is 9.89. The first-order valence-corrected chi connectivity index (χ1v) is 4.92. The largest absolute Gasteiger partial charge is 0.364 e. The van der Waals surface area contributed by atoms with Gasteiger partial charge in [0.25, 0.3) is 0 Å². The average Bonchev–Trinajstić information content (AvgIpc) is 2.45. The second kappa shape index (κ2) is 4.71. The van der Waals surface area contributed by atoms with Gasteiger partial charge < -0.3 is 10.2 Å². The number of hydrogen-bond acceptors (Lipinski definition) is 2. The molecule has 0 aliphatic rings. The highest BCUT2D eigenvalue weighted by atomic mass is 16.3. The van der Waals surface area contributed by atoms with Crippen LogP contribution in [0.3, 0.4) is 0 Å². The molecule has 2 heteroatoms. The number of aliphatic hydroxyl groups is 2. The van der Waals surface area contributed by atoms with Gasteiger partial charge in [-0.2, -0.15) is 0 Å². The van der Waals surface area contributed by atoms with Gasteiger partial charge in [-0.15, -0.1) is 25.7 Å². The molecule has 86 valence electrons. The molecule has 0 saturated heterocycles. The van der Waals surface area contributed by atoms with E-state index in [0.29, 0.717) is 11.1 Å². The molecule has 0 spiro atoms. The second-order valence-electron chi connectivity index (χ2n) is 3.58. The number of terminal acetylenes is 4. The molecular formula is C16H10O2. The van der Waals surface area contributed by atoms with Crippen molar-refractivity contribution in [3.8, 4) is 49.4 Å². The van der Waals surface area contributed by atoms with E-state index in [1.165, 1.54) is 24.3 Å². The van der Waals surface area contributed by atoms with Crippen LogP contribution in [0.5, 0.6) is 0 Å².